The smallest absolute Gasteiger partial charge is 0.175 e. The number of fused-ring (bicyclic) bond motifs is 1. The van der Waals surface area contributed by atoms with E-state index in [1.165, 1.54) is 5.56 Å². The normalized spacial score (nSPS) is 10.7. The Morgan fingerprint density at radius 2 is 1.94 bits per heavy atom. The molecule has 0 fully saturated rings. The van der Waals surface area contributed by atoms with Crippen LogP contribution in [0.15, 0.2) is 42.6 Å². The van der Waals surface area contributed by atoms with Crippen molar-refractivity contribution in [3.63, 3.8) is 0 Å². The molecule has 0 bridgehead atoms. The van der Waals surface area contributed by atoms with E-state index in [0.717, 1.165) is 23.4 Å². The van der Waals surface area contributed by atoms with Crippen molar-refractivity contribution in [3.05, 3.63) is 52.9 Å². The zero-order valence-corrected chi connectivity index (χ0v) is 10.4. The first kappa shape index (κ1) is 11.0. The Bertz CT molecular complexity index is 714. The lowest BCUT2D eigenvalue weighted by atomic mass is 10.2. The minimum absolute atomic E-state index is 0.612. The van der Waals surface area contributed by atoms with E-state index in [1.54, 1.807) is 6.20 Å². The molecule has 5 heteroatoms. The second kappa shape index (κ2) is 4.62. The highest BCUT2D eigenvalue weighted by Crippen LogP contribution is 2.17. The van der Waals surface area contributed by atoms with E-state index >= 15 is 0 Å². The third-order valence-electron chi connectivity index (χ3n) is 2.74. The third-order valence-corrected chi connectivity index (χ3v) is 2.94. The number of hydrogen-bond donors (Lipinski definition) is 3. The van der Waals surface area contributed by atoms with Crippen LogP contribution in [0, 0.1) is 4.77 Å². The molecule has 3 rings (SSSR count). The highest BCUT2D eigenvalue weighted by atomic mass is 32.1. The highest BCUT2D eigenvalue weighted by Gasteiger charge is 2.03. The summed E-state index contributed by atoms with van der Waals surface area (Å²) in [6, 6.07) is 12.1. The minimum atomic E-state index is 0.612. The first-order valence-electron chi connectivity index (χ1n) is 5.68. The molecule has 1 aromatic carbocycles. The van der Waals surface area contributed by atoms with Gasteiger partial charge in [-0.05, 0) is 23.8 Å². The molecule has 0 radical (unpaired) electrons. The van der Waals surface area contributed by atoms with Gasteiger partial charge < -0.3 is 15.3 Å². The third kappa shape index (κ3) is 2.12. The Morgan fingerprint density at radius 1 is 1.11 bits per heavy atom. The second-order valence-corrected chi connectivity index (χ2v) is 4.41. The van der Waals surface area contributed by atoms with Crippen LogP contribution in [-0.2, 0) is 6.54 Å². The van der Waals surface area contributed by atoms with Gasteiger partial charge in [-0.25, -0.2) is 4.98 Å². The Kier molecular flexibility index (Phi) is 2.82. The number of nitrogens with one attached hydrogen (secondary N) is 3. The number of aromatic nitrogens is 3. The van der Waals surface area contributed by atoms with Crippen LogP contribution in [0.3, 0.4) is 0 Å². The standard InChI is InChI=1S/C13H12N4S/c18-13-16-10-6-7-14-12(11(10)17-13)15-8-9-4-2-1-3-5-9/h1-7H,8H2,(H,14,15)(H2,16,17,18). The Balaban J connectivity index is 1.89. The van der Waals surface area contributed by atoms with Crippen LogP contribution in [-0.4, -0.2) is 15.0 Å². The number of pyridine rings is 1. The van der Waals surface area contributed by atoms with E-state index in [0.29, 0.717) is 4.77 Å². The predicted molar refractivity (Wildman–Crippen MR) is 75.0 cm³/mol. The molecule has 0 aliphatic carbocycles. The first-order chi connectivity index (χ1) is 8.83. The fourth-order valence-electron chi connectivity index (χ4n) is 1.88. The van der Waals surface area contributed by atoms with Crippen molar-refractivity contribution < 1.29 is 0 Å². The monoisotopic (exact) mass is 256 g/mol. The van der Waals surface area contributed by atoms with Crippen molar-refractivity contribution in [1.29, 1.82) is 0 Å². The van der Waals surface area contributed by atoms with Crippen molar-refractivity contribution in [2.45, 2.75) is 6.54 Å². The number of hydrogen-bond acceptors (Lipinski definition) is 3. The molecule has 0 aliphatic rings. The van der Waals surface area contributed by atoms with E-state index in [1.807, 2.05) is 24.3 Å². The van der Waals surface area contributed by atoms with Gasteiger partial charge in [-0.2, -0.15) is 0 Å². The van der Waals surface area contributed by atoms with E-state index in [9.17, 15) is 0 Å². The van der Waals surface area contributed by atoms with Crippen LogP contribution >= 0.6 is 12.2 Å². The molecule has 0 aliphatic heterocycles. The van der Waals surface area contributed by atoms with E-state index in [4.69, 9.17) is 12.2 Å². The molecule has 18 heavy (non-hydrogen) atoms. The average molecular weight is 256 g/mol. The van der Waals surface area contributed by atoms with Gasteiger partial charge in [0.15, 0.2) is 10.6 Å². The van der Waals surface area contributed by atoms with Crippen LogP contribution in [0.25, 0.3) is 11.0 Å². The summed E-state index contributed by atoms with van der Waals surface area (Å²) in [6.45, 7) is 0.735. The molecular weight excluding hydrogens is 244 g/mol. The second-order valence-electron chi connectivity index (χ2n) is 4.00. The van der Waals surface area contributed by atoms with Gasteiger partial charge in [0, 0.05) is 12.7 Å². The summed E-state index contributed by atoms with van der Waals surface area (Å²) in [6.07, 6.45) is 1.76. The Morgan fingerprint density at radius 3 is 2.78 bits per heavy atom. The number of H-pyrrole nitrogens is 2. The zero-order valence-electron chi connectivity index (χ0n) is 9.60. The molecule has 2 aromatic heterocycles. The molecule has 90 valence electrons. The number of benzene rings is 1. The molecule has 4 nitrogen and oxygen atoms in total. The van der Waals surface area contributed by atoms with E-state index in [-0.39, 0.29) is 0 Å². The van der Waals surface area contributed by atoms with Gasteiger partial charge in [0.2, 0.25) is 0 Å². The summed E-state index contributed by atoms with van der Waals surface area (Å²) in [4.78, 5) is 10.5. The van der Waals surface area contributed by atoms with Gasteiger partial charge in [-0.1, -0.05) is 30.3 Å². The fourth-order valence-corrected chi connectivity index (χ4v) is 2.09. The van der Waals surface area contributed by atoms with Crippen LogP contribution in [0.1, 0.15) is 5.56 Å². The number of imidazole rings is 1. The zero-order chi connectivity index (χ0) is 12.4. The SMILES string of the molecule is S=c1[nH]c2ccnc(NCc3ccccc3)c2[nH]1. The molecule has 3 N–H and O–H groups in total. The summed E-state index contributed by atoms with van der Waals surface area (Å²) < 4.78 is 0.612. The van der Waals surface area contributed by atoms with Gasteiger partial charge in [0.25, 0.3) is 0 Å². The molecule has 0 spiro atoms. The van der Waals surface area contributed by atoms with E-state index in [2.05, 4.69) is 32.4 Å². The topological polar surface area (TPSA) is 56.5 Å². The summed E-state index contributed by atoms with van der Waals surface area (Å²) in [7, 11) is 0. The summed E-state index contributed by atoms with van der Waals surface area (Å²) in [5.74, 6) is 0.809. The van der Waals surface area contributed by atoms with Crippen LogP contribution in [0.2, 0.25) is 0 Å². The maximum Gasteiger partial charge on any atom is 0.175 e. The van der Waals surface area contributed by atoms with E-state index < -0.39 is 0 Å². The lowest BCUT2D eigenvalue weighted by molar-refractivity contribution is 1.12. The molecule has 0 saturated carbocycles. The van der Waals surface area contributed by atoms with Crippen molar-refractivity contribution in [2.24, 2.45) is 0 Å². The Hall–Kier alpha value is -2.14. The van der Waals surface area contributed by atoms with Gasteiger partial charge in [0.05, 0.1) is 5.52 Å². The van der Waals surface area contributed by atoms with Crippen molar-refractivity contribution >= 4 is 29.1 Å². The molecule has 2 heterocycles. The van der Waals surface area contributed by atoms with Gasteiger partial charge in [-0.15, -0.1) is 0 Å². The van der Waals surface area contributed by atoms with Crippen LogP contribution in [0.5, 0.6) is 0 Å². The molecule has 3 aromatic rings. The van der Waals surface area contributed by atoms with Gasteiger partial charge in [0.1, 0.15) is 5.52 Å². The molecule has 0 saturated heterocycles. The highest BCUT2D eigenvalue weighted by molar-refractivity contribution is 7.71. The van der Waals surface area contributed by atoms with Gasteiger partial charge in [-0.3, -0.25) is 0 Å². The number of rotatable bonds is 3. The largest absolute Gasteiger partial charge is 0.364 e. The number of aromatic amines is 2. The summed E-state index contributed by atoms with van der Waals surface area (Å²) in [5.41, 5.74) is 3.09. The molecular formula is C13H12N4S. The minimum Gasteiger partial charge on any atom is -0.364 e. The lowest BCUT2D eigenvalue weighted by Gasteiger charge is -2.06. The molecule has 0 unspecified atom stereocenters. The summed E-state index contributed by atoms with van der Waals surface area (Å²) >= 11 is 5.08. The average Bonchev–Trinajstić information content (AvgIpc) is 2.78. The maximum atomic E-state index is 5.08. The quantitative estimate of drug-likeness (QED) is 0.631. The fraction of sp³-hybridized carbons (Fsp3) is 0.0769. The van der Waals surface area contributed by atoms with Crippen molar-refractivity contribution in [2.75, 3.05) is 5.32 Å². The lowest BCUT2D eigenvalue weighted by Crippen LogP contribution is -2.01. The predicted octanol–water partition coefficient (Wildman–Crippen LogP) is 3.23. The van der Waals surface area contributed by atoms with Crippen molar-refractivity contribution in [3.8, 4) is 0 Å². The van der Waals surface area contributed by atoms with Gasteiger partial charge >= 0.3 is 0 Å². The number of anilines is 1. The van der Waals surface area contributed by atoms with Crippen molar-refractivity contribution in [1.82, 2.24) is 15.0 Å². The van der Waals surface area contributed by atoms with Crippen LogP contribution in [0.4, 0.5) is 5.82 Å². The molecule has 0 amide bonds. The van der Waals surface area contributed by atoms with Crippen LogP contribution < -0.4 is 5.32 Å². The number of nitrogens with zero attached hydrogens (tertiary/aromatic N) is 1. The first-order valence-corrected chi connectivity index (χ1v) is 6.08. The summed E-state index contributed by atoms with van der Waals surface area (Å²) in [5, 5.41) is 3.31. The Labute approximate surface area is 109 Å². The molecule has 0 atom stereocenters. The maximum absolute atomic E-state index is 5.08.